The van der Waals surface area contributed by atoms with Crippen LogP contribution in [0.4, 0.5) is 4.39 Å². The lowest BCUT2D eigenvalue weighted by Gasteiger charge is -2.14. The van der Waals surface area contributed by atoms with Crippen LogP contribution in [0, 0.1) is 11.2 Å². The van der Waals surface area contributed by atoms with Crippen molar-refractivity contribution in [3.8, 4) is 0 Å². The summed E-state index contributed by atoms with van der Waals surface area (Å²) in [5, 5.41) is 7.32. The van der Waals surface area contributed by atoms with Gasteiger partial charge >= 0.3 is 0 Å². The Morgan fingerprint density at radius 3 is 2.90 bits per heavy atom. The van der Waals surface area contributed by atoms with Crippen LogP contribution in [0.2, 0.25) is 0 Å². The molecule has 3 rings (SSSR count). The molecule has 0 saturated carbocycles. The fourth-order valence-corrected chi connectivity index (χ4v) is 2.69. The molecule has 1 aliphatic carbocycles. The molecule has 4 nitrogen and oxygen atoms in total. The van der Waals surface area contributed by atoms with Crippen LogP contribution in [-0.2, 0) is 19.4 Å². The van der Waals surface area contributed by atoms with Crippen LogP contribution in [-0.4, -0.2) is 15.4 Å². The largest absolute Gasteiger partial charge is 0.384 e. The summed E-state index contributed by atoms with van der Waals surface area (Å²) < 4.78 is 16.1. The predicted molar refractivity (Wildman–Crippen MR) is 75.4 cm³/mol. The average Bonchev–Trinajstić information content (AvgIpc) is 2.84. The van der Waals surface area contributed by atoms with Crippen molar-refractivity contribution in [2.45, 2.75) is 32.2 Å². The van der Waals surface area contributed by atoms with Crippen molar-refractivity contribution in [2.75, 3.05) is 0 Å². The number of rotatable bonds is 3. The highest BCUT2D eigenvalue weighted by molar-refractivity contribution is 5.94. The number of nitrogens with zero attached hydrogens (tertiary/aromatic N) is 2. The van der Waals surface area contributed by atoms with E-state index in [1.54, 1.807) is 18.5 Å². The van der Waals surface area contributed by atoms with Gasteiger partial charge in [-0.15, -0.1) is 0 Å². The van der Waals surface area contributed by atoms with Crippen molar-refractivity contribution in [3.63, 3.8) is 0 Å². The van der Waals surface area contributed by atoms with Crippen molar-refractivity contribution in [1.82, 2.24) is 9.55 Å². The molecule has 1 aromatic carbocycles. The Labute approximate surface area is 117 Å². The minimum Gasteiger partial charge on any atom is -0.384 e. The first-order valence-corrected chi connectivity index (χ1v) is 6.81. The molecule has 1 aromatic heterocycles. The van der Waals surface area contributed by atoms with Gasteiger partial charge in [0.25, 0.3) is 0 Å². The van der Waals surface area contributed by atoms with E-state index in [4.69, 9.17) is 11.1 Å². The Balaban J connectivity index is 1.88. The van der Waals surface area contributed by atoms with Gasteiger partial charge in [0.15, 0.2) is 0 Å². The number of nitrogens with two attached hydrogens (primary N) is 1. The summed E-state index contributed by atoms with van der Waals surface area (Å²) in [5.41, 5.74) is 8.75. The molecule has 0 amide bonds. The standard InChI is InChI=1S/C15H17FN4/c16-12-7-10(15(17)18)5-6-11(12)8-20-9-19-13-3-1-2-4-14(13)20/h5-7,9H,1-4,8H2,(H3,17,18). The fourth-order valence-electron chi connectivity index (χ4n) is 2.69. The summed E-state index contributed by atoms with van der Waals surface area (Å²) in [7, 11) is 0. The molecule has 1 aliphatic rings. The van der Waals surface area contributed by atoms with Gasteiger partial charge in [0.2, 0.25) is 0 Å². The highest BCUT2D eigenvalue weighted by atomic mass is 19.1. The van der Waals surface area contributed by atoms with E-state index >= 15 is 0 Å². The van der Waals surface area contributed by atoms with Crippen molar-refractivity contribution in [3.05, 3.63) is 52.9 Å². The number of nitrogen functional groups attached to an aromatic ring is 1. The van der Waals surface area contributed by atoms with Gasteiger partial charge in [0.1, 0.15) is 11.7 Å². The lowest BCUT2D eigenvalue weighted by molar-refractivity contribution is 0.585. The first-order chi connectivity index (χ1) is 9.65. The topological polar surface area (TPSA) is 67.7 Å². The van der Waals surface area contributed by atoms with Crippen molar-refractivity contribution in [1.29, 1.82) is 5.41 Å². The van der Waals surface area contributed by atoms with Gasteiger partial charge in [-0.05, 0) is 31.7 Å². The van der Waals surface area contributed by atoms with Crippen LogP contribution in [0.3, 0.4) is 0 Å². The number of halogens is 1. The van der Waals surface area contributed by atoms with E-state index in [-0.39, 0.29) is 11.7 Å². The van der Waals surface area contributed by atoms with Gasteiger partial charge in [0.05, 0.1) is 18.6 Å². The molecular formula is C15H17FN4. The number of nitrogens with one attached hydrogen (secondary N) is 1. The Kier molecular flexibility index (Phi) is 3.26. The van der Waals surface area contributed by atoms with E-state index in [1.165, 1.54) is 24.6 Å². The molecule has 0 unspecified atom stereocenters. The zero-order chi connectivity index (χ0) is 14.1. The molecule has 1 heterocycles. The molecule has 0 fully saturated rings. The van der Waals surface area contributed by atoms with Crippen molar-refractivity contribution < 1.29 is 4.39 Å². The number of imidazole rings is 1. The summed E-state index contributed by atoms with van der Waals surface area (Å²) in [4.78, 5) is 4.41. The van der Waals surface area contributed by atoms with Gasteiger partial charge in [-0.2, -0.15) is 0 Å². The van der Waals surface area contributed by atoms with E-state index in [9.17, 15) is 4.39 Å². The molecule has 5 heteroatoms. The number of aromatic nitrogens is 2. The molecule has 104 valence electrons. The maximum Gasteiger partial charge on any atom is 0.128 e. The van der Waals surface area contributed by atoms with Crippen LogP contribution in [0.1, 0.15) is 35.4 Å². The summed E-state index contributed by atoms with van der Waals surface area (Å²) in [6, 6.07) is 4.70. The molecule has 20 heavy (non-hydrogen) atoms. The van der Waals surface area contributed by atoms with Crippen molar-refractivity contribution in [2.24, 2.45) is 5.73 Å². The van der Waals surface area contributed by atoms with E-state index in [0.29, 0.717) is 17.7 Å². The highest BCUT2D eigenvalue weighted by Crippen LogP contribution is 2.21. The van der Waals surface area contributed by atoms with Gasteiger partial charge < -0.3 is 10.3 Å². The average molecular weight is 272 g/mol. The monoisotopic (exact) mass is 272 g/mol. The first kappa shape index (κ1) is 12.8. The number of amidine groups is 1. The van der Waals surface area contributed by atoms with E-state index in [1.807, 2.05) is 4.57 Å². The second-order valence-electron chi connectivity index (χ2n) is 5.19. The van der Waals surface area contributed by atoms with Crippen LogP contribution in [0.15, 0.2) is 24.5 Å². The Morgan fingerprint density at radius 1 is 1.35 bits per heavy atom. The molecule has 0 aliphatic heterocycles. The number of fused-ring (bicyclic) bond motifs is 1. The molecule has 2 aromatic rings. The minimum absolute atomic E-state index is 0.115. The van der Waals surface area contributed by atoms with Gasteiger partial charge in [0, 0.05) is 16.8 Å². The summed E-state index contributed by atoms with van der Waals surface area (Å²) >= 11 is 0. The lowest BCUT2D eigenvalue weighted by Crippen LogP contribution is -2.13. The van der Waals surface area contributed by atoms with E-state index < -0.39 is 0 Å². The number of aryl methyl sites for hydroxylation is 1. The molecule has 0 saturated heterocycles. The summed E-state index contributed by atoms with van der Waals surface area (Å²) in [6.07, 6.45) is 6.20. The molecule has 3 N–H and O–H groups in total. The third-order valence-electron chi connectivity index (χ3n) is 3.81. The summed E-state index contributed by atoms with van der Waals surface area (Å²) in [6.45, 7) is 0.479. The second-order valence-corrected chi connectivity index (χ2v) is 5.19. The van der Waals surface area contributed by atoms with Gasteiger partial charge in [-0.1, -0.05) is 12.1 Å². The Morgan fingerprint density at radius 2 is 2.15 bits per heavy atom. The quantitative estimate of drug-likeness (QED) is 0.664. The number of benzene rings is 1. The molecule has 0 bridgehead atoms. The van der Waals surface area contributed by atoms with Crippen LogP contribution < -0.4 is 5.73 Å². The minimum atomic E-state index is -0.323. The van der Waals surface area contributed by atoms with Crippen molar-refractivity contribution >= 4 is 5.84 Å². The van der Waals surface area contributed by atoms with Gasteiger partial charge in [-0.3, -0.25) is 5.41 Å². The number of hydrogen-bond donors (Lipinski definition) is 2. The van der Waals surface area contributed by atoms with Crippen LogP contribution >= 0.6 is 0 Å². The lowest BCUT2D eigenvalue weighted by atomic mass is 10.0. The zero-order valence-electron chi connectivity index (χ0n) is 11.2. The van der Waals surface area contributed by atoms with E-state index in [2.05, 4.69) is 4.98 Å². The number of hydrogen-bond acceptors (Lipinski definition) is 2. The zero-order valence-corrected chi connectivity index (χ0v) is 11.2. The van der Waals surface area contributed by atoms with Gasteiger partial charge in [-0.25, -0.2) is 9.37 Å². The molecular weight excluding hydrogens is 255 g/mol. The third-order valence-corrected chi connectivity index (χ3v) is 3.81. The fraction of sp³-hybridized carbons (Fsp3) is 0.333. The maximum atomic E-state index is 14.0. The highest BCUT2D eigenvalue weighted by Gasteiger charge is 2.16. The Bertz CT molecular complexity index is 660. The molecule has 0 radical (unpaired) electrons. The van der Waals surface area contributed by atoms with Crippen LogP contribution in [0.25, 0.3) is 0 Å². The smallest absolute Gasteiger partial charge is 0.128 e. The Hall–Kier alpha value is -2.17. The second kappa shape index (κ2) is 5.07. The van der Waals surface area contributed by atoms with Crippen LogP contribution in [0.5, 0.6) is 0 Å². The molecule has 0 spiro atoms. The maximum absolute atomic E-state index is 14.0. The third kappa shape index (κ3) is 2.31. The normalized spacial score (nSPS) is 14.1. The SMILES string of the molecule is N=C(N)c1ccc(Cn2cnc3c2CCCC3)c(F)c1. The summed E-state index contributed by atoms with van der Waals surface area (Å²) in [5.74, 6) is -0.439. The molecule has 0 atom stereocenters. The predicted octanol–water partition coefficient (Wildman–Crippen LogP) is 2.23. The first-order valence-electron chi connectivity index (χ1n) is 6.81. The van der Waals surface area contributed by atoms with E-state index in [0.717, 1.165) is 18.5 Å².